The highest BCUT2D eigenvalue weighted by atomic mass is 15.3. The molecule has 0 bridgehead atoms. The highest BCUT2D eigenvalue weighted by Gasteiger charge is 2.26. The van der Waals surface area contributed by atoms with Crippen molar-refractivity contribution in [2.45, 2.75) is 52.4 Å². The quantitative estimate of drug-likeness (QED) is 0.914. The predicted molar refractivity (Wildman–Crippen MR) is 84.1 cm³/mol. The topological polar surface area (TPSA) is 55.6 Å². The van der Waals surface area contributed by atoms with Crippen LogP contribution in [0.25, 0.3) is 5.82 Å². The number of nitrogens with one attached hydrogen (secondary N) is 1. The molecule has 0 aliphatic heterocycles. The molecule has 1 aliphatic rings. The lowest BCUT2D eigenvalue weighted by molar-refractivity contribution is 0.734. The molecule has 2 heterocycles. The van der Waals surface area contributed by atoms with Crippen LogP contribution in [0.15, 0.2) is 12.3 Å². The van der Waals surface area contributed by atoms with Crippen molar-refractivity contribution < 1.29 is 0 Å². The van der Waals surface area contributed by atoms with Crippen molar-refractivity contribution in [3.8, 4) is 5.82 Å². The minimum Gasteiger partial charge on any atom is -0.370 e. The van der Waals surface area contributed by atoms with Gasteiger partial charge in [0.2, 0.25) is 0 Å². The maximum Gasteiger partial charge on any atom is 0.162 e. The van der Waals surface area contributed by atoms with Crippen LogP contribution in [0.2, 0.25) is 0 Å². The minimum atomic E-state index is 0.292. The SMILES string of the molecule is CCNc1nc(C(C)C)nc(-n2ccc(C3CC3)n2)c1C. The van der Waals surface area contributed by atoms with Crippen molar-refractivity contribution in [3.05, 3.63) is 29.3 Å². The van der Waals surface area contributed by atoms with E-state index in [1.807, 2.05) is 10.9 Å². The van der Waals surface area contributed by atoms with Crippen molar-refractivity contribution >= 4 is 5.82 Å². The second-order valence-electron chi connectivity index (χ2n) is 6.02. The average molecular weight is 285 g/mol. The fourth-order valence-electron chi connectivity index (χ4n) is 2.40. The summed E-state index contributed by atoms with van der Waals surface area (Å²) < 4.78 is 1.90. The average Bonchev–Trinajstić information content (AvgIpc) is 3.19. The van der Waals surface area contributed by atoms with Gasteiger partial charge in [-0.3, -0.25) is 0 Å². The van der Waals surface area contributed by atoms with Crippen LogP contribution in [0, 0.1) is 6.92 Å². The lowest BCUT2D eigenvalue weighted by Crippen LogP contribution is -2.12. The van der Waals surface area contributed by atoms with Crippen molar-refractivity contribution in [1.29, 1.82) is 0 Å². The van der Waals surface area contributed by atoms with Crippen molar-refractivity contribution in [2.75, 3.05) is 11.9 Å². The van der Waals surface area contributed by atoms with E-state index in [4.69, 9.17) is 10.1 Å². The smallest absolute Gasteiger partial charge is 0.162 e. The Hall–Kier alpha value is -1.91. The zero-order valence-electron chi connectivity index (χ0n) is 13.2. The van der Waals surface area contributed by atoms with Crippen LogP contribution >= 0.6 is 0 Å². The molecular formula is C16H23N5. The van der Waals surface area contributed by atoms with E-state index >= 15 is 0 Å². The van der Waals surface area contributed by atoms with E-state index in [-0.39, 0.29) is 0 Å². The second kappa shape index (κ2) is 5.47. The molecule has 0 spiro atoms. The van der Waals surface area contributed by atoms with Gasteiger partial charge in [-0.25, -0.2) is 14.6 Å². The van der Waals surface area contributed by atoms with Gasteiger partial charge in [-0.05, 0) is 32.8 Å². The molecule has 2 aromatic rings. The molecule has 5 heteroatoms. The third kappa shape index (κ3) is 2.77. The predicted octanol–water partition coefficient (Wildman–Crippen LogP) is 3.40. The Kier molecular flexibility index (Phi) is 3.66. The Balaban J connectivity index is 2.05. The number of aromatic nitrogens is 4. The summed E-state index contributed by atoms with van der Waals surface area (Å²) in [6.07, 6.45) is 4.54. The Morgan fingerprint density at radius 3 is 2.71 bits per heavy atom. The lowest BCUT2D eigenvalue weighted by Gasteiger charge is -2.14. The van der Waals surface area contributed by atoms with Crippen LogP contribution in [0.3, 0.4) is 0 Å². The Labute approximate surface area is 125 Å². The first kappa shape index (κ1) is 14.0. The fourth-order valence-corrected chi connectivity index (χ4v) is 2.40. The Morgan fingerprint density at radius 2 is 2.10 bits per heavy atom. The number of rotatable bonds is 5. The number of hydrogen-bond acceptors (Lipinski definition) is 4. The first-order chi connectivity index (χ1) is 10.1. The monoisotopic (exact) mass is 285 g/mol. The van der Waals surface area contributed by atoms with E-state index in [9.17, 15) is 0 Å². The highest BCUT2D eigenvalue weighted by Crippen LogP contribution is 2.39. The molecule has 0 aromatic carbocycles. The molecule has 3 rings (SSSR count). The molecule has 5 nitrogen and oxygen atoms in total. The summed E-state index contributed by atoms with van der Waals surface area (Å²) in [4.78, 5) is 9.37. The van der Waals surface area contributed by atoms with Gasteiger partial charge in [0.15, 0.2) is 5.82 Å². The lowest BCUT2D eigenvalue weighted by atomic mass is 10.2. The molecule has 0 atom stereocenters. The molecule has 0 radical (unpaired) electrons. The van der Waals surface area contributed by atoms with Crippen LogP contribution in [0.1, 0.15) is 62.5 Å². The van der Waals surface area contributed by atoms with Gasteiger partial charge in [0.1, 0.15) is 11.6 Å². The third-order valence-corrected chi connectivity index (χ3v) is 3.82. The molecular weight excluding hydrogens is 262 g/mol. The van der Waals surface area contributed by atoms with Gasteiger partial charge in [0.25, 0.3) is 0 Å². The highest BCUT2D eigenvalue weighted by molar-refractivity contribution is 5.51. The summed E-state index contributed by atoms with van der Waals surface area (Å²) in [5.41, 5.74) is 2.23. The largest absolute Gasteiger partial charge is 0.370 e. The first-order valence-corrected chi connectivity index (χ1v) is 7.78. The normalized spacial score (nSPS) is 14.7. The van der Waals surface area contributed by atoms with Gasteiger partial charge >= 0.3 is 0 Å². The summed E-state index contributed by atoms with van der Waals surface area (Å²) in [7, 11) is 0. The molecule has 0 unspecified atom stereocenters. The van der Waals surface area contributed by atoms with Crippen LogP contribution in [0.4, 0.5) is 5.82 Å². The van der Waals surface area contributed by atoms with Crippen LogP contribution in [-0.2, 0) is 0 Å². The van der Waals surface area contributed by atoms with Gasteiger partial charge in [-0.15, -0.1) is 0 Å². The zero-order valence-corrected chi connectivity index (χ0v) is 13.2. The molecule has 2 aromatic heterocycles. The van der Waals surface area contributed by atoms with Gasteiger partial charge < -0.3 is 5.32 Å². The molecule has 1 saturated carbocycles. The van der Waals surface area contributed by atoms with Crippen molar-refractivity contribution in [1.82, 2.24) is 19.7 Å². The van der Waals surface area contributed by atoms with Crippen LogP contribution in [0.5, 0.6) is 0 Å². The Bertz CT molecular complexity index is 640. The zero-order chi connectivity index (χ0) is 15.0. The van der Waals surface area contributed by atoms with Gasteiger partial charge in [0, 0.05) is 30.1 Å². The fraction of sp³-hybridized carbons (Fsp3) is 0.562. The minimum absolute atomic E-state index is 0.292. The molecule has 112 valence electrons. The molecule has 0 saturated heterocycles. The maximum absolute atomic E-state index is 4.73. The van der Waals surface area contributed by atoms with Crippen molar-refractivity contribution in [2.24, 2.45) is 0 Å². The Morgan fingerprint density at radius 1 is 1.33 bits per heavy atom. The second-order valence-corrected chi connectivity index (χ2v) is 6.02. The third-order valence-electron chi connectivity index (χ3n) is 3.82. The summed E-state index contributed by atoms with van der Waals surface area (Å²) in [6, 6.07) is 2.11. The van der Waals surface area contributed by atoms with Gasteiger partial charge in [-0.2, -0.15) is 5.10 Å². The number of hydrogen-bond donors (Lipinski definition) is 1. The van der Waals surface area contributed by atoms with E-state index < -0.39 is 0 Å². The van der Waals surface area contributed by atoms with E-state index in [1.54, 1.807) is 0 Å². The van der Waals surface area contributed by atoms with Gasteiger partial charge in [0.05, 0.1) is 5.69 Å². The van der Waals surface area contributed by atoms with E-state index in [2.05, 4.69) is 44.1 Å². The standard InChI is InChI=1S/C16H23N5/c1-5-17-15-11(4)16(19-14(18-15)10(2)3)21-9-8-13(20-21)12-6-7-12/h8-10,12H,5-7H2,1-4H3,(H,17,18,19). The van der Waals surface area contributed by atoms with Crippen LogP contribution in [-0.4, -0.2) is 26.3 Å². The molecule has 1 fully saturated rings. The molecule has 1 aliphatic carbocycles. The summed E-state index contributed by atoms with van der Waals surface area (Å²) in [6.45, 7) is 9.21. The molecule has 0 amide bonds. The summed E-state index contributed by atoms with van der Waals surface area (Å²) in [5, 5.41) is 8.03. The number of nitrogens with zero attached hydrogens (tertiary/aromatic N) is 4. The van der Waals surface area contributed by atoms with Crippen molar-refractivity contribution in [3.63, 3.8) is 0 Å². The van der Waals surface area contributed by atoms with E-state index in [0.717, 1.165) is 29.6 Å². The van der Waals surface area contributed by atoms with Gasteiger partial charge in [-0.1, -0.05) is 13.8 Å². The number of anilines is 1. The van der Waals surface area contributed by atoms with E-state index in [1.165, 1.54) is 18.5 Å². The van der Waals surface area contributed by atoms with E-state index in [0.29, 0.717) is 11.8 Å². The summed E-state index contributed by atoms with van der Waals surface area (Å²) >= 11 is 0. The molecule has 1 N–H and O–H groups in total. The van der Waals surface area contributed by atoms with Crippen LogP contribution < -0.4 is 5.32 Å². The summed E-state index contributed by atoms with van der Waals surface area (Å²) in [5.74, 6) is 3.60. The first-order valence-electron chi connectivity index (χ1n) is 7.78. The molecule has 21 heavy (non-hydrogen) atoms. The maximum atomic E-state index is 4.73.